The molecule has 0 unspecified atom stereocenters. The number of nitrogens with zero attached hydrogens (tertiary/aromatic N) is 2. The zero-order chi connectivity index (χ0) is 32.5. The molecule has 3 heteroatoms. The van der Waals surface area contributed by atoms with Gasteiger partial charge in [-0.1, -0.05) is 161 Å². The third kappa shape index (κ3) is 7.30. The fraction of sp³-hybridized carbons (Fsp3) is 0.581. The predicted molar refractivity (Wildman–Crippen MR) is 202 cm³/mol. The highest BCUT2D eigenvalue weighted by Gasteiger charge is 2.42. The number of benzene rings is 3. The van der Waals surface area contributed by atoms with Crippen molar-refractivity contribution < 1.29 is 0 Å². The fourth-order valence-corrected chi connectivity index (χ4v) is 8.94. The van der Waals surface area contributed by atoms with Crippen LogP contribution in [0.3, 0.4) is 0 Å². The average Bonchev–Trinajstić information content (AvgIpc) is 3.66. The Kier molecular flexibility index (Phi) is 12.5. The van der Waals surface area contributed by atoms with Gasteiger partial charge in [0, 0.05) is 11.0 Å². The van der Waals surface area contributed by atoms with Gasteiger partial charge in [0.25, 0.3) is 0 Å². The maximum atomic E-state index is 4.86. The lowest BCUT2D eigenvalue weighted by Crippen LogP contribution is -2.26. The van der Waals surface area contributed by atoms with Crippen LogP contribution in [-0.2, 0) is 5.41 Å². The first kappa shape index (κ1) is 34.8. The highest BCUT2D eigenvalue weighted by Crippen LogP contribution is 2.56. The van der Waals surface area contributed by atoms with Crippen molar-refractivity contribution in [2.45, 2.75) is 162 Å². The van der Waals surface area contributed by atoms with Crippen LogP contribution in [0.4, 0.5) is 0 Å². The lowest BCUT2D eigenvalue weighted by molar-refractivity contribution is 0.397. The van der Waals surface area contributed by atoms with Crippen LogP contribution in [0.1, 0.15) is 178 Å². The molecule has 1 aromatic heterocycles. The first-order valence-corrected chi connectivity index (χ1v) is 19.8. The normalized spacial score (nSPS) is 13.7. The highest BCUT2D eigenvalue weighted by molar-refractivity contribution is 7.00. The van der Waals surface area contributed by atoms with E-state index in [0.29, 0.717) is 11.8 Å². The fourth-order valence-electron chi connectivity index (χ4n) is 8.36. The first-order valence-electron chi connectivity index (χ1n) is 19.0. The Morgan fingerprint density at radius 3 is 1.74 bits per heavy atom. The molecule has 248 valence electrons. The number of hydrogen-bond acceptors (Lipinski definition) is 3. The Balaban J connectivity index is 1.60. The van der Waals surface area contributed by atoms with Crippen molar-refractivity contribution in [2.75, 3.05) is 0 Å². The predicted octanol–water partition coefficient (Wildman–Crippen LogP) is 14.2. The van der Waals surface area contributed by atoms with Gasteiger partial charge in [0.1, 0.15) is 11.0 Å². The van der Waals surface area contributed by atoms with Crippen molar-refractivity contribution >= 4 is 22.8 Å². The Labute approximate surface area is 285 Å². The SMILES string of the molecule is CCCCCCCCC1(CCCCCCCC)c2cc(-c3ccc(C(C)C)c4nsnc34)ccc2-c2ccc(C(CC)CC)cc21. The molecule has 0 bridgehead atoms. The molecule has 0 saturated carbocycles. The van der Waals surface area contributed by atoms with E-state index in [2.05, 4.69) is 90.1 Å². The van der Waals surface area contributed by atoms with Crippen LogP contribution in [-0.4, -0.2) is 8.75 Å². The van der Waals surface area contributed by atoms with E-state index in [1.807, 2.05) is 0 Å². The minimum atomic E-state index is 0.0789. The van der Waals surface area contributed by atoms with Crippen LogP contribution in [0.2, 0.25) is 0 Å². The second-order valence-electron chi connectivity index (χ2n) is 14.5. The standard InChI is InChI=1S/C43H60N2S/c1-7-11-13-15-17-19-27-43(28-20-18-16-14-12-8-2)39-29-33(32(9-3)10-4)21-23-37(39)38-24-22-34(30-40(38)43)36-26-25-35(31(5)6)41-42(36)45-46-44-41/h21-26,29-32H,7-20,27-28H2,1-6H3. The van der Waals surface area contributed by atoms with E-state index in [4.69, 9.17) is 8.75 Å². The Morgan fingerprint density at radius 2 is 1.13 bits per heavy atom. The Bertz CT molecular complexity index is 1530. The molecule has 0 fully saturated rings. The van der Waals surface area contributed by atoms with Gasteiger partial charge >= 0.3 is 0 Å². The van der Waals surface area contributed by atoms with E-state index in [1.165, 1.54) is 142 Å². The third-order valence-corrected chi connectivity index (χ3v) is 11.7. The van der Waals surface area contributed by atoms with Gasteiger partial charge in [-0.3, -0.25) is 0 Å². The molecule has 0 amide bonds. The highest BCUT2D eigenvalue weighted by atomic mass is 32.1. The number of unbranched alkanes of at least 4 members (excludes halogenated alkanes) is 10. The smallest absolute Gasteiger partial charge is 0.112 e. The van der Waals surface area contributed by atoms with E-state index in [0.717, 1.165) is 11.0 Å². The summed E-state index contributed by atoms with van der Waals surface area (Å²) in [6.07, 6.45) is 21.1. The van der Waals surface area contributed by atoms with Gasteiger partial charge < -0.3 is 0 Å². The van der Waals surface area contributed by atoms with Gasteiger partial charge in [-0.2, -0.15) is 8.75 Å². The van der Waals surface area contributed by atoms with Crippen LogP contribution >= 0.6 is 11.7 Å². The molecule has 0 atom stereocenters. The maximum Gasteiger partial charge on any atom is 0.112 e. The van der Waals surface area contributed by atoms with Gasteiger partial charge in [-0.05, 0) is 82.5 Å². The zero-order valence-corrected chi connectivity index (χ0v) is 30.7. The number of rotatable bonds is 19. The summed E-state index contributed by atoms with van der Waals surface area (Å²) in [6.45, 7) is 13.9. The minimum Gasteiger partial charge on any atom is -0.173 e. The van der Waals surface area contributed by atoms with E-state index >= 15 is 0 Å². The van der Waals surface area contributed by atoms with E-state index in [9.17, 15) is 0 Å². The second kappa shape index (κ2) is 16.5. The molecule has 46 heavy (non-hydrogen) atoms. The number of aromatic nitrogens is 2. The molecule has 1 heterocycles. The average molecular weight is 637 g/mol. The van der Waals surface area contributed by atoms with Gasteiger partial charge in [-0.25, -0.2) is 0 Å². The summed E-state index contributed by atoms with van der Waals surface area (Å²) in [5.41, 5.74) is 13.8. The van der Waals surface area contributed by atoms with Crippen LogP contribution in [0.15, 0.2) is 48.5 Å². The molecular weight excluding hydrogens is 577 g/mol. The summed E-state index contributed by atoms with van der Waals surface area (Å²) < 4.78 is 9.63. The third-order valence-electron chi connectivity index (χ3n) is 11.1. The molecule has 3 aromatic carbocycles. The molecular formula is C43H60N2S. The second-order valence-corrected chi connectivity index (χ2v) is 15.0. The van der Waals surface area contributed by atoms with Crippen LogP contribution < -0.4 is 0 Å². The van der Waals surface area contributed by atoms with Crippen LogP contribution in [0.5, 0.6) is 0 Å². The van der Waals surface area contributed by atoms with Crippen molar-refractivity contribution in [2.24, 2.45) is 0 Å². The van der Waals surface area contributed by atoms with E-state index in [1.54, 1.807) is 16.7 Å². The molecule has 0 spiro atoms. The van der Waals surface area contributed by atoms with Gasteiger partial charge in [-0.15, -0.1) is 0 Å². The van der Waals surface area contributed by atoms with Crippen molar-refractivity contribution in [1.82, 2.24) is 8.75 Å². The minimum absolute atomic E-state index is 0.0789. The quantitative estimate of drug-likeness (QED) is 0.0957. The summed E-state index contributed by atoms with van der Waals surface area (Å²) in [5, 5.41) is 0. The molecule has 1 aliphatic rings. The molecule has 0 N–H and O–H groups in total. The van der Waals surface area contributed by atoms with Crippen molar-refractivity contribution in [3.63, 3.8) is 0 Å². The van der Waals surface area contributed by atoms with Crippen molar-refractivity contribution in [3.8, 4) is 22.3 Å². The van der Waals surface area contributed by atoms with Crippen molar-refractivity contribution in [3.05, 3.63) is 70.8 Å². The molecule has 5 rings (SSSR count). The summed E-state index contributed by atoms with van der Waals surface area (Å²) >= 11 is 1.35. The lowest BCUT2D eigenvalue weighted by atomic mass is 9.69. The number of fused-ring (bicyclic) bond motifs is 4. The van der Waals surface area contributed by atoms with Gasteiger partial charge in [0.2, 0.25) is 0 Å². The first-order chi connectivity index (χ1) is 22.5. The molecule has 2 nitrogen and oxygen atoms in total. The number of hydrogen-bond donors (Lipinski definition) is 0. The molecule has 0 radical (unpaired) electrons. The molecule has 0 saturated heterocycles. The summed E-state index contributed by atoms with van der Waals surface area (Å²) in [4.78, 5) is 0. The molecule has 0 aliphatic heterocycles. The van der Waals surface area contributed by atoms with Gasteiger partial charge in [0.15, 0.2) is 0 Å². The molecule has 1 aliphatic carbocycles. The molecule has 4 aromatic rings. The van der Waals surface area contributed by atoms with Gasteiger partial charge in [0.05, 0.1) is 11.7 Å². The zero-order valence-electron chi connectivity index (χ0n) is 29.9. The van der Waals surface area contributed by atoms with E-state index in [-0.39, 0.29) is 5.41 Å². The summed E-state index contributed by atoms with van der Waals surface area (Å²) in [7, 11) is 0. The van der Waals surface area contributed by atoms with Crippen molar-refractivity contribution in [1.29, 1.82) is 0 Å². The van der Waals surface area contributed by atoms with Crippen LogP contribution in [0, 0.1) is 0 Å². The topological polar surface area (TPSA) is 25.8 Å². The summed E-state index contributed by atoms with van der Waals surface area (Å²) in [5.74, 6) is 1.07. The largest absolute Gasteiger partial charge is 0.173 e. The van der Waals surface area contributed by atoms with Crippen LogP contribution in [0.25, 0.3) is 33.3 Å². The maximum absolute atomic E-state index is 4.86. The monoisotopic (exact) mass is 636 g/mol. The summed E-state index contributed by atoms with van der Waals surface area (Å²) in [6, 6.07) is 19.6. The Morgan fingerprint density at radius 1 is 0.587 bits per heavy atom. The Hall–Kier alpha value is -2.52. The van der Waals surface area contributed by atoms with E-state index < -0.39 is 0 Å². The lowest BCUT2D eigenvalue weighted by Gasteiger charge is -2.34.